The fourth-order valence-corrected chi connectivity index (χ4v) is 3.40. The Morgan fingerprint density at radius 3 is 2.03 bits per heavy atom. The van der Waals surface area contributed by atoms with E-state index in [0.717, 1.165) is 4.90 Å². The molecule has 1 rings (SSSR count). The molecule has 0 radical (unpaired) electrons. The van der Waals surface area contributed by atoms with E-state index >= 15 is 0 Å². The summed E-state index contributed by atoms with van der Waals surface area (Å²) >= 11 is 0. The second-order valence-corrected chi connectivity index (χ2v) is 8.83. The third-order valence-corrected chi connectivity index (χ3v) is 5.43. The molecule has 5 N–H and O–H groups in total. The lowest BCUT2D eigenvalue weighted by Crippen LogP contribution is -2.58. The Morgan fingerprint density at radius 2 is 1.56 bits per heavy atom. The van der Waals surface area contributed by atoms with E-state index < -0.39 is 66.1 Å². The molecule has 36 heavy (non-hydrogen) atoms. The zero-order valence-electron chi connectivity index (χ0n) is 21.0. The first-order valence-electron chi connectivity index (χ1n) is 11.4. The molecule has 1 aromatic rings. The van der Waals surface area contributed by atoms with E-state index in [1.165, 1.54) is 33.0 Å². The van der Waals surface area contributed by atoms with Crippen LogP contribution in [-0.2, 0) is 35.2 Å². The smallest absolute Gasteiger partial charge is 0.305 e. The molecule has 4 atom stereocenters. The monoisotopic (exact) mass is 506 g/mol. The number of carbonyl (C=O) groups excluding carboxylic acids is 5. The number of amides is 4. The summed E-state index contributed by atoms with van der Waals surface area (Å²) in [4.78, 5) is 73.3. The summed E-state index contributed by atoms with van der Waals surface area (Å²) < 4.78 is 0. The number of aliphatic carboxylic acids is 1. The first kappa shape index (κ1) is 30.1. The van der Waals surface area contributed by atoms with Gasteiger partial charge in [-0.1, -0.05) is 26.0 Å². The molecule has 0 aromatic heterocycles. The summed E-state index contributed by atoms with van der Waals surface area (Å²) in [5.74, 6) is -4.02. The Hall–Kier alpha value is -3.96. The minimum Gasteiger partial charge on any atom is -0.508 e. The molecule has 0 saturated carbocycles. The number of phenolic OH excluding ortho intramolecular Hbond substituents is 1. The van der Waals surface area contributed by atoms with Gasteiger partial charge in [-0.2, -0.15) is 0 Å². The van der Waals surface area contributed by atoms with Crippen molar-refractivity contribution in [3.8, 4) is 5.75 Å². The molecule has 12 heteroatoms. The van der Waals surface area contributed by atoms with E-state index in [4.69, 9.17) is 5.11 Å². The van der Waals surface area contributed by atoms with Gasteiger partial charge in [-0.05, 0) is 30.5 Å². The lowest BCUT2D eigenvalue weighted by Gasteiger charge is -2.29. The highest BCUT2D eigenvalue weighted by Crippen LogP contribution is 2.12. The van der Waals surface area contributed by atoms with Gasteiger partial charge >= 0.3 is 5.97 Å². The molecule has 0 fully saturated rings. The second-order valence-electron chi connectivity index (χ2n) is 8.83. The summed E-state index contributed by atoms with van der Waals surface area (Å²) in [6.07, 6.45) is -0.134. The van der Waals surface area contributed by atoms with Gasteiger partial charge < -0.3 is 35.9 Å². The van der Waals surface area contributed by atoms with Crippen molar-refractivity contribution in [1.29, 1.82) is 0 Å². The third-order valence-electron chi connectivity index (χ3n) is 5.43. The van der Waals surface area contributed by atoms with Crippen LogP contribution in [0.4, 0.5) is 0 Å². The number of aldehydes is 1. The van der Waals surface area contributed by atoms with E-state index in [9.17, 15) is 33.9 Å². The van der Waals surface area contributed by atoms with Crippen LogP contribution >= 0.6 is 0 Å². The van der Waals surface area contributed by atoms with E-state index in [2.05, 4.69) is 16.0 Å². The van der Waals surface area contributed by atoms with Gasteiger partial charge in [0.1, 0.15) is 30.2 Å². The fourth-order valence-electron chi connectivity index (χ4n) is 3.40. The first-order chi connectivity index (χ1) is 16.8. The van der Waals surface area contributed by atoms with Gasteiger partial charge in [0.05, 0.1) is 12.5 Å². The Labute approximate surface area is 209 Å². The molecule has 0 unspecified atom stereocenters. The highest BCUT2D eigenvalue weighted by molar-refractivity contribution is 5.94. The van der Waals surface area contributed by atoms with Gasteiger partial charge in [0.25, 0.3) is 0 Å². The molecule has 0 spiro atoms. The van der Waals surface area contributed by atoms with Crippen LogP contribution in [0.3, 0.4) is 0 Å². The minimum absolute atomic E-state index is 0.0487. The van der Waals surface area contributed by atoms with Crippen molar-refractivity contribution in [2.75, 3.05) is 7.05 Å². The maximum atomic E-state index is 13.0. The molecular formula is C24H34N4O8. The highest BCUT2D eigenvalue weighted by Gasteiger charge is 2.32. The maximum absolute atomic E-state index is 13.0. The molecule has 198 valence electrons. The third kappa shape index (κ3) is 9.35. The van der Waals surface area contributed by atoms with Gasteiger partial charge in [-0.25, -0.2) is 0 Å². The number of carboxylic acids is 1. The Bertz CT molecular complexity index is 963. The van der Waals surface area contributed by atoms with Crippen LogP contribution in [0.15, 0.2) is 24.3 Å². The summed E-state index contributed by atoms with van der Waals surface area (Å²) in [5, 5.41) is 26.0. The van der Waals surface area contributed by atoms with Crippen LogP contribution in [0.2, 0.25) is 0 Å². The summed E-state index contributed by atoms with van der Waals surface area (Å²) in [7, 11) is 1.26. The summed E-state index contributed by atoms with van der Waals surface area (Å²) in [5.41, 5.74) is 0.667. The lowest BCUT2D eigenvalue weighted by atomic mass is 10.0. The topological polar surface area (TPSA) is 182 Å². The van der Waals surface area contributed by atoms with Gasteiger partial charge in [0, 0.05) is 20.4 Å². The molecule has 0 bridgehead atoms. The number of hydrogen-bond donors (Lipinski definition) is 5. The van der Waals surface area contributed by atoms with Crippen molar-refractivity contribution in [2.24, 2.45) is 5.92 Å². The second kappa shape index (κ2) is 13.8. The number of hydrogen-bond acceptors (Lipinski definition) is 7. The van der Waals surface area contributed by atoms with Crippen LogP contribution < -0.4 is 16.0 Å². The van der Waals surface area contributed by atoms with Crippen LogP contribution in [0.25, 0.3) is 0 Å². The largest absolute Gasteiger partial charge is 0.508 e. The predicted molar refractivity (Wildman–Crippen MR) is 129 cm³/mol. The van der Waals surface area contributed by atoms with Gasteiger partial charge in [-0.3, -0.25) is 24.0 Å². The molecule has 0 aliphatic heterocycles. The number of benzene rings is 1. The molecule has 0 heterocycles. The zero-order chi connectivity index (χ0) is 27.6. The normalized spacial score (nSPS) is 14.1. The van der Waals surface area contributed by atoms with Crippen molar-refractivity contribution in [3.63, 3.8) is 0 Å². The average Bonchev–Trinajstić information content (AvgIpc) is 2.79. The van der Waals surface area contributed by atoms with E-state index in [-0.39, 0.29) is 12.2 Å². The fraction of sp³-hybridized carbons (Fsp3) is 0.500. The Kier molecular flexibility index (Phi) is 11.5. The van der Waals surface area contributed by atoms with E-state index in [1.54, 1.807) is 26.0 Å². The van der Waals surface area contributed by atoms with Crippen molar-refractivity contribution in [1.82, 2.24) is 20.9 Å². The number of nitrogens with zero attached hydrogens (tertiary/aromatic N) is 1. The standard InChI is InChI=1S/C24H34N4O8/c1-13(2)21(23(35)25-14(3)24(36)28(5)17(12-29)11-20(32)33)27-22(34)19(26-15(4)30)10-16-6-8-18(31)9-7-16/h6-9,12-14,17,19,21,31H,10-11H2,1-5H3,(H,25,35)(H,26,30)(H,27,34)(H,32,33)/t14-,17-,19-,21-/m0/s1. The molecule has 1 aromatic carbocycles. The van der Waals surface area contributed by atoms with Crippen molar-refractivity contribution in [2.45, 2.75) is 64.7 Å². The van der Waals surface area contributed by atoms with Crippen LogP contribution in [0.1, 0.15) is 39.7 Å². The van der Waals surface area contributed by atoms with Gasteiger partial charge in [0.15, 0.2) is 0 Å². The number of nitrogens with one attached hydrogen (secondary N) is 3. The number of aromatic hydroxyl groups is 1. The molecule has 4 amide bonds. The minimum atomic E-state index is -1.26. The van der Waals surface area contributed by atoms with Gasteiger partial charge in [-0.15, -0.1) is 0 Å². The molecule has 0 saturated heterocycles. The average molecular weight is 507 g/mol. The van der Waals surface area contributed by atoms with Gasteiger partial charge in [0.2, 0.25) is 23.6 Å². The molecule has 12 nitrogen and oxygen atoms in total. The SMILES string of the molecule is CC(=O)N[C@@H](Cc1ccc(O)cc1)C(=O)N[C@H](C(=O)N[C@@H](C)C(=O)N(C)[C@H](C=O)CC(=O)O)C(C)C. The van der Waals surface area contributed by atoms with Crippen molar-refractivity contribution < 1.29 is 39.0 Å². The summed E-state index contributed by atoms with van der Waals surface area (Å²) in [6.45, 7) is 6.01. The van der Waals surface area contributed by atoms with Crippen LogP contribution in [0, 0.1) is 5.92 Å². The Balaban J connectivity index is 2.94. The lowest BCUT2D eigenvalue weighted by molar-refractivity contribution is -0.144. The number of rotatable bonds is 13. The first-order valence-corrected chi connectivity index (χ1v) is 11.4. The quantitative estimate of drug-likeness (QED) is 0.224. The van der Waals surface area contributed by atoms with Crippen molar-refractivity contribution >= 4 is 35.9 Å². The number of carboxylic acid groups (broad SMARTS) is 1. The highest BCUT2D eigenvalue weighted by atomic mass is 16.4. The summed E-state index contributed by atoms with van der Waals surface area (Å²) in [6, 6.07) is 1.72. The maximum Gasteiger partial charge on any atom is 0.305 e. The van der Waals surface area contributed by atoms with Crippen LogP contribution in [-0.4, -0.2) is 82.2 Å². The molecule has 0 aliphatic rings. The van der Waals surface area contributed by atoms with Crippen molar-refractivity contribution in [3.05, 3.63) is 29.8 Å². The molecule has 0 aliphatic carbocycles. The predicted octanol–water partition coefficient (Wildman–Crippen LogP) is -0.414. The van der Waals surface area contributed by atoms with E-state index in [1.807, 2.05) is 0 Å². The van der Waals surface area contributed by atoms with E-state index in [0.29, 0.717) is 11.8 Å². The van der Waals surface area contributed by atoms with Crippen LogP contribution in [0.5, 0.6) is 5.75 Å². The number of likely N-dealkylation sites (N-methyl/N-ethyl adjacent to an activating group) is 1. The Morgan fingerprint density at radius 1 is 0.972 bits per heavy atom. The number of carbonyl (C=O) groups is 6. The number of phenols is 1. The zero-order valence-corrected chi connectivity index (χ0v) is 21.0. The molecular weight excluding hydrogens is 472 g/mol.